The fraction of sp³-hybridized carbons (Fsp3) is 0.923. The predicted octanol–water partition coefficient (Wildman–Crippen LogP) is -0.0493. The van der Waals surface area contributed by atoms with Gasteiger partial charge in [0, 0.05) is 32.8 Å². The van der Waals surface area contributed by atoms with Crippen molar-refractivity contribution in [1.29, 1.82) is 0 Å². The first-order chi connectivity index (χ1) is 8.70. The van der Waals surface area contributed by atoms with Crippen LogP contribution in [0, 0.1) is 5.92 Å². The lowest BCUT2D eigenvalue weighted by molar-refractivity contribution is -0.122. The summed E-state index contributed by atoms with van der Waals surface area (Å²) in [5.74, 6) is 0.557. The zero-order valence-corrected chi connectivity index (χ0v) is 11.2. The lowest BCUT2D eigenvalue weighted by Gasteiger charge is -2.16. The van der Waals surface area contributed by atoms with E-state index in [-0.39, 0.29) is 5.91 Å². The fourth-order valence-electron chi connectivity index (χ4n) is 2.55. The number of ether oxygens (including phenoxy) is 1. The summed E-state index contributed by atoms with van der Waals surface area (Å²) in [7, 11) is 1.62. The number of hydrogen-bond acceptors (Lipinski definition) is 4. The van der Waals surface area contributed by atoms with Crippen molar-refractivity contribution in [2.75, 3.05) is 33.4 Å². The van der Waals surface area contributed by atoms with E-state index in [1.165, 1.54) is 25.8 Å². The van der Waals surface area contributed by atoms with Gasteiger partial charge in [0.25, 0.3) is 0 Å². The zero-order valence-electron chi connectivity index (χ0n) is 11.2. The van der Waals surface area contributed by atoms with Gasteiger partial charge >= 0.3 is 0 Å². The van der Waals surface area contributed by atoms with E-state index in [1.807, 2.05) is 0 Å². The zero-order chi connectivity index (χ0) is 13.0. The van der Waals surface area contributed by atoms with E-state index in [9.17, 15) is 4.79 Å². The molecule has 0 aromatic heterocycles. The molecule has 1 saturated carbocycles. The number of amides is 1. The van der Waals surface area contributed by atoms with Crippen molar-refractivity contribution in [2.24, 2.45) is 11.7 Å². The minimum Gasteiger partial charge on any atom is -0.385 e. The third-order valence-electron chi connectivity index (χ3n) is 3.92. The Morgan fingerprint density at radius 1 is 1.50 bits per heavy atom. The Morgan fingerprint density at radius 3 is 2.94 bits per heavy atom. The number of likely N-dealkylation sites (tertiary alicyclic amines) is 1. The van der Waals surface area contributed by atoms with Gasteiger partial charge in [0.2, 0.25) is 5.91 Å². The van der Waals surface area contributed by atoms with Gasteiger partial charge < -0.3 is 20.7 Å². The molecule has 0 radical (unpaired) electrons. The highest BCUT2D eigenvalue weighted by Gasteiger charge is 2.34. The Morgan fingerprint density at radius 2 is 2.28 bits per heavy atom. The van der Waals surface area contributed by atoms with Gasteiger partial charge in [0.1, 0.15) is 0 Å². The van der Waals surface area contributed by atoms with Crippen LogP contribution in [0.2, 0.25) is 0 Å². The molecule has 1 heterocycles. The highest BCUT2D eigenvalue weighted by Crippen LogP contribution is 2.31. The van der Waals surface area contributed by atoms with Crippen LogP contribution < -0.4 is 11.1 Å². The molecule has 1 amide bonds. The SMILES string of the molecule is COCCC(N)C(=O)NCC1CCN(C2CC2)C1. The van der Waals surface area contributed by atoms with E-state index < -0.39 is 6.04 Å². The molecule has 1 aliphatic carbocycles. The molecule has 2 atom stereocenters. The number of rotatable bonds is 7. The van der Waals surface area contributed by atoms with Crippen LogP contribution in [0.4, 0.5) is 0 Å². The van der Waals surface area contributed by atoms with Crippen LogP contribution in [0.1, 0.15) is 25.7 Å². The Balaban J connectivity index is 1.60. The third kappa shape index (κ3) is 3.93. The average Bonchev–Trinajstić information content (AvgIpc) is 3.12. The molecule has 0 spiro atoms. The van der Waals surface area contributed by atoms with Crippen molar-refractivity contribution in [2.45, 2.75) is 37.8 Å². The second-order valence-corrected chi connectivity index (χ2v) is 5.51. The molecule has 0 bridgehead atoms. The normalized spacial score (nSPS) is 26.2. The topological polar surface area (TPSA) is 67.6 Å². The molecule has 0 aromatic rings. The lowest BCUT2D eigenvalue weighted by Crippen LogP contribution is -2.43. The first kappa shape index (κ1) is 13.8. The second kappa shape index (κ2) is 6.50. The summed E-state index contributed by atoms with van der Waals surface area (Å²) in [5.41, 5.74) is 5.77. The van der Waals surface area contributed by atoms with E-state index in [0.717, 1.165) is 19.1 Å². The molecule has 104 valence electrons. The van der Waals surface area contributed by atoms with Crippen LogP contribution >= 0.6 is 0 Å². The molecule has 1 saturated heterocycles. The minimum atomic E-state index is -0.439. The van der Waals surface area contributed by atoms with E-state index in [4.69, 9.17) is 10.5 Å². The highest BCUT2D eigenvalue weighted by atomic mass is 16.5. The van der Waals surface area contributed by atoms with Gasteiger partial charge in [-0.1, -0.05) is 0 Å². The van der Waals surface area contributed by atoms with Crippen LogP contribution in [-0.4, -0.2) is 56.2 Å². The van der Waals surface area contributed by atoms with Gasteiger partial charge in [-0.3, -0.25) is 4.79 Å². The molecule has 2 aliphatic rings. The lowest BCUT2D eigenvalue weighted by atomic mass is 10.1. The Labute approximate surface area is 109 Å². The summed E-state index contributed by atoms with van der Waals surface area (Å²) in [6.07, 6.45) is 4.51. The van der Waals surface area contributed by atoms with Gasteiger partial charge in [0.15, 0.2) is 0 Å². The van der Waals surface area contributed by atoms with Crippen molar-refractivity contribution in [3.63, 3.8) is 0 Å². The number of nitrogens with one attached hydrogen (secondary N) is 1. The standard InChI is InChI=1S/C13H25N3O2/c1-18-7-5-12(14)13(17)15-8-10-4-6-16(9-10)11-2-3-11/h10-12H,2-9,14H2,1H3,(H,15,17). The van der Waals surface area contributed by atoms with E-state index in [2.05, 4.69) is 10.2 Å². The van der Waals surface area contributed by atoms with Crippen molar-refractivity contribution >= 4 is 5.91 Å². The molecule has 18 heavy (non-hydrogen) atoms. The average molecular weight is 255 g/mol. The van der Waals surface area contributed by atoms with E-state index in [0.29, 0.717) is 18.9 Å². The van der Waals surface area contributed by atoms with Crippen LogP contribution in [0.15, 0.2) is 0 Å². The molecule has 3 N–H and O–H groups in total. The summed E-state index contributed by atoms with van der Waals surface area (Å²) in [5, 5.41) is 2.97. The maximum atomic E-state index is 11.7. The summed E-state index contributed by atoms with van der Waals surface area (Å²) >= 11 is 0. The molecule has 2 unspecified atom stereocenters. The number of carbonyl (C=O) groups is 1. The third-order valence-corrected chi connectivity index (χ3v) is 3.92. The quantitative estimate of drug-likeness (QED) is 0.669. The predicted molar refractivity (Wildman–Crippen MR) is 70.2 cm³/mol. The largest absolute Gasteiger partial charge is 0.385 e. The fourth-order valence-corrected chi connectivity index (χ4v) is 2.55. The molecule has 1 aliphatic heterocycles. The molecule has 5 nitrogen and oxygen atoms in total. The first-order valence-corrected chi connectivity index (χ1v) is 6.97. The maximum Gasteiger partial charge on any atom is 0.237 e. The maximum absolute atomic E-state index is 11.7. The van der Waals surface area contributed by atoms with E-state index in [1.54, 1.807) is 7.11 Å². The molecule has 2 fully saturated rings. The minimum absolute atomic E-state index is 0.0445. The number of methoxy groups -OCH3 is 1. The second-order valence-electron chi connectivity index (χ2n) is 5.51. The molecular formula is C13H25N3O2. The Kier molecular flexibility index (Phi) is 4.97. The monoisotopic (exact) mass is 255 g/mol. The number of carbonyl (C=O) groups excluding carboxylic acids is 1. The van der Waals surface area contributed by atoms with Crippen LogP contribution in [-0.2, 0) is 9.53 Å². The van der Waals surface area contributed by atoms with Gasteiger partial charge in [-0.05, 0) is 38.1 Å². The number of hydrogen-bond donors (Lipinski definition) is 2. The molecule has 2 rings (SSSR count). The smallest absolute Gasteiger partial charge is 0.237 e. The molecule has 5 heteroatoms. The van der Waals surface area contributed by atoms with Gasteiger partial charge in [0.05, 0.1) is 6.04 Å². The highest BCUT2D eigenvalue weighted by molar-refractivity contribution is 5.81. The van der Waals surface area contributed by atoms with Crippen molar-refractivity contribution in [3.05, 3.63) is 0 Å². The van der Waals surface area contributed by atoms with Crippen molar-refractivity contribution in [3.8, 4) is 0 Å². The summed E-state index contributed by atoms with van der Waals surface area (Å²) in [6, 6.07) is 0.403. The summed E-state index contributed by atoms with van der Waals surface area (Å²) < 4.78 is 4.92. The Bertz CT molecular complexity index is 281. The number of nitrogens with zero attached hydrogens (tertiary/aromatic N) is 1. The molecule has 0 aromatic carbocycles. The van der Waals surface area contributed by atoms with E-state index >= 15 is 0 Å². The van der Waals surface area contributed by atoms with Crippen molar-refractivity contribution in [1.82, 2.24) is 10.2 Å². The summed E-state index contributed by atoms with van der Waals surface area (Å²) in [4.78, 5) is 14.3. The van der Waals surface area contributed by atoms with Crippen LogP contribution in [0.5, 0.6) is 0 Å². The first-order valence-electron chi connectivity index (χ1n) is 6.97. The van der Waals surface area contributed by atoms with Crippen LogP contribution in [0.25, 0.3) is 0 Å². The Hall–Kier alpha value is -0.650. The van der Waals surface area contributed by atoms with Gasteiger partial charge in [-0.15, -0.1) is 0 Å². The van der Waals surface area contributed by atoms with Crippen LogP contribution in [0.3, 0.4) is 0 Å². The molecular weight excluding hydrogens is 230 g/mol. The van der Waals surface area contributed by atoms with Crippen molar-refractivity contribution < 1.29 is 9.53 Å². The summed E-state index contributed by atoms with van der Waals surface area (Å²) in [6.45, 7) is 3.63. The number of nitrogens with two attached hydrogens (primary N) is 1. The van der Waals surface area contributed by atoms with Gasteiger partial charge in [-0.2, -0.15) is 0 Å². The van der Waals surface area contributed by atoms with Gasteiger partial charge in [-0.25, -0.2) is 0 Å².